The van der Waals surface area contributed by atoms with Crippen molar-refractivity contribution in [1.82, 2.24) is 4.90 Å². The van der Waals surface area contributed by atoms with Gasteiger partial charge in [0.1, 0.15) is 0 Å². The number of benzene rings is 1. The van der Waals surface area contributed by atoms with Gasteiger partial charge in [-0.1, -0.05) is 12.2 Å². The van der Waals surface area contributed by atoms with E-state index in [4.69, 9.17) is 0 Å². The third-order valence-corrected chi connectivity index (χ3v) is 4.09. The minimum atomic E-state index is 0.0281. The molecular weight excluding hydrogens is 276 g/mol. The Kier molecular flexibility index (Phi) is 5.75. The first-order valence-corrected chi connectivity index (χ1v) is 8.00. The molecule has 0 aromatic heterocycles. The van der Waals surface area contributed by atoms with Crippen molar-refractivity contribution >= 4 is 17.5 Å². The molecule has 0 spiro atoms. The Bertz CT molecular complexity index is 545. The van der Waals surface area contributed by atoms with Crippen molar-refractivity contribution in [1.29, 1.82) is 0 Å². The number of rotatable bonds is 5. The highest BCUT2D eigenvalue weighted by atomic mass is 16.2. The summed E-state index contributed by atoms with van der Waals surface area (Å²) in [5.74, 6) is 0.148. The number of amides is 2. The van der Waals surface area contributed by atoms with E-state index in [9.17, 15) is 9.59 Å². The van der Waals surface area contributed by atoms with Crippen LogP contribution in [0.3, 0.4) is 0 Å². The molecule has 0 saturated heterocycles. The molecule has 118 valence electrons. The fraction of sp³-hybridized carbons (Fsp3) is 0.444. The molecule has 2 rings (SSSR count). The molecule has 22 heavy (non-hydrogen) atoms. The number of allylic oxidation sites excluding steroid dienone is 2. The van der Waals surface area contributed by atoms with Crippen LogP contribution in [0.2, 0.25) is 0 Å². The molecule has 0 radical (unpaired) electrons. The van der Waals surface area contributed by atoms with Crippen molar-refractivity contribution in [3.63, 3.8) is 0 Å². The summed E-state index contributed by atoms with van der Waals surface area (Å²) < 4.78 is 0. The van der Waals surface area contributed by atoms with Gasteiger partial charge >= 0.3 is 0 Å². The Balaban J connectivity index is 1.98. The van der Waals surface area contributed by atoms with Crippen LogP contribution in [0.4, 0.5) is 5.69 Å². The van der Waals surface area contributed by atoms with Crippen LogP contribution in [0, 0.1) is 5.92 Å². The van der Waals surface area contributed by atoms with Gasteiger partial charge in [-0.15, -0.1) is 0 Å². The van der Waals surface area contributed by atoms with Gasteiger partial charge in [0.25, 0.3) is 5.91 Å². The van der Waals surface area contributed by atoms with Gasteiger partial charge in [0.2, 0.25) is 5.91 Å². The molecule has 1 aromatic carbocycles. The van der Waals surface area contributed by atoms with E-state index in [2.05, 4.69) is 17.5 Å². The van der Waals surface area contributed by atoms with Crippen LogP contribution >= 0.6 is 0 Å². The number of hydrogen-bond acceptors (Lipinski definition) is 2. The second kappa shape index (κ2) is 7.78. The van der Waals surface area contributed by atoms with Crippen LogP contribution in [0.25, 0.3) is 0 Å². The number of carbonyl (C=O) groups excluding carboxylic acids is 2. The summed E-state index contributed by atoms with van der Waals surface area (Å²) in [5.41, 5.74) is 1.40. The van der Waals surface area contributed by atoms with Gasteiger partial charge in [-0.2, -0.15) is 0 Å². The largest absolute Gasteiger partial charge is 0.339 e. The van der Waals surface area contributed by atoms with Crippen LogP contribution in [0.1, 0.15) is 43.5 Å². The first kappa shape index (κ1) is 16.3. The molecule has 1 aliphatic carbocycles. The average molecular weight is 300 g/mol. The minimum absolute atomic E-state index is 0.0281. The molecular formula is C18H24N2O2. The minimum Gasteiger partial charge on any atom is -0.339 e. The second-order valence-corrected chi connectivity index (χ2v) is 5.53. The predicted octanol–water partition coefficient (Wildman–Crippen LogP) is 3.46. The van der Waals surface area contributed by atoms with Gasteiger partial charge < -0.3 is 10.2 Å². The SMILES string of the molecule is CCN(CC)C(=O)c1ccc(NC(=O)[C@H]2CC=CCC2)cc1. The molecule has 1 N–H and O–H groups in total. The van der Waals surface area contributed by atoms with Crippen molar-refractivity contribution in [2.45, 2.75) is 33.1 Å². The van der Waals surface area contributed by atoms with E-state index < -0.39 is 0 Å². The Morgan fingerprint density at radius 1 is 1.14 bits per heavy atom. The Morgan fingerprint density at radius 3 is 2.36 bits per heavy atom. The highest BCUT2D eigenvalue weighted by Crippen LogP contribution is 2.20. The monoisotopic (exact) mass is 300 g/mol. The molecule has 0 saturated carbocycles. The molecule has 4 heteroatoms. The first-order chi connectivity index (χ1) is 10.7. The van der Waals surface area contributed by atoms with Crippen molar-refractivity contribution in [2.24, 2.45) is 5.92 Å². The maximum Gasteiger partial charge on any atom is 0.253 e. The molecule has 1 aliphatic rings. The lowest BCUT2D eigenvalue weighted by atomic mass is 9.93. The summed E-state index contributed by atoms with van der Waals surface area (Å²) in [6.07, 6.45) is 6.87. The van der Waals surface area contributed by atoms with Crippen molar-refractivity contribution < 1.29 is 9.59 Å². The quantitative estimate of drug-likeness (QED) is 0.847. The van der Waals surface area contributed by atoms with Crippen molar-refractivity contribution in [3.8, 4) is 0 Å². The number of hydrogen-bond donors (Lipinski definition) is 1. The topological polar surface area (TPSA) is 49.4 Å². The fourth-order valence-electron chi connectivity index (χ4n) is 2.67. The number of nitrogens with zero attached hydrogens (tertiary/aromatic N) is 1. The number of carbonyl (C=O) groups is 2. The fourth-order valence-corrected chi connectivity index (χ4v) is 2.67. The lowest BCUT2D eigenvalue weighted by Gasteiger charge is -2.19. The van der Waals surface area contributed by atoms with Gasteiger partial charge in [0, 0.05) is 30.3 Å². The lowest BCUT2D eigenvalue weighted by molar-refractivity contribution is -0.120. The summed E-state index contributed by atoms with van der Waals surface area (Å²) in [4.78, 5) is 26.2. The smallest absolute Gasteiger partial charge is 0.253 e. The number of nitrogens with one attached hydrogen (secondary N) is 1. The molecule has 0 fully saturated rings. The molecule has 1 atom stereocenters. The molecule has 1 aromatic rings. The van der Waals surface area contributed by atoms with Crippen LogP contribution < -0.4 is 5.32 Å². The highest BCUT2D eigenvalue weighted by molar-refractivity contribution is 5.96. The van der Waals surface area contributed by atoms with Gasteiger partial charge in [-0.3, -0.25) is 9.59 Å². The molecule has 0 heterocycles. The zero-order chi connectivity index (χ0) is 15.9. The van der Waals surface area contributed by atoms with Crippen LogP contribution in [0.5, 0.6) is 0 Å². The van der Waals surface area contributed by atoms with Gasteiger partial charge in [-0.25, -0.2) is 0 Å². The summed E-state index contributed by atoms with van der Waals surface area (Å²) in [5, 5.41) is 2.94. The zero-order valence-electron chi connectivity index (χ0n) is 13.3. The van der Waals surface area contributed by atoms with E-state index in [1.54, 1.807) is 29.2 Å². The van der Waals surface area contributed by atoms with E-state index in [1.807, 2.05) is 13.8 Å². The normalized spacial score (nSPS) is 17.1. The van der Waals surface area contributed by atoms with Gasteiger partial charge in [0.05, 0.1) is 0 Å². The Labute approximate surface area is 132 Å². The maximum absolute atomic E-state index is 12.2. The summed E-state index contributed by atoms with van der Waals surface area (Å²) >= 11 is 0. The standard InChI is InChI=1S/C18H24N2O2/c1-3-20(4-2)18(22)15-10-12-16(13-11-15)19-17(21)14-8-6-5-7-9-14/h5-6,10-14H,3-4,7-9H2,1-2H3,(H,19,21)/t14-/m0/s1. The number of anilines is 1. The molecule has 2 amide bonds. The van der Waals surface area contributed by atoms with E-state index >= 15 is 0 Å². The van der Waals surface area contributed by atoms with Crippen molar-refractivity contribution in [3.05, 3.63) is 42.0 Å². The molecule has 4 nitrogen and oxygen atoms in total. The third kappa shape index (κ3) is 3.97. The van der Waals surface area contributed by atoms with E-state index in [0.29, 0.717) is 18.7 Å². The second-order valence-electron chi connectivity index (χ2n) is 5.53. The van der Waals surface area contributed by atoms with Crippen LogP contribution in [0.15, 0.2) is 36.4 Å². The molecule has 0 bridgehead atoms. The third-order valence-electron chi connectivity index (χ3n) is 4.09. The van der Waals surface area contributed by atoms with E-state index in [1.165, 1.54) is 0 Å². The average Bonchev–Trinajstić information content (AvgIpc) is 2.57. The first-order valence-electron chi connectivity index (χ1n) is 8.00. The van der Waals surface area contributed by atoms with Gasteiger partial charge in [0.15, 0.2) is 0 Å². The molecule has 0 aliphatic heterocycles. The van der Waals surface area contributed by atoms with Crippen LogP contribution in [-0.2, 0) is 4.79 Å². The highest BCUT2D eigenvalue weighted by Gasteiger charge is 2.19. The predicted molar refractivity (Wildman–Crippen MR) is 88.8 cm³/mol. The molecule has 0 unspecified atom stereocenters. The van der Waals surface area contributed by atoms with E-state index in [0.717, 1.165) is 24.9 Å². The summed E-state index contributed by atoms with van der Waals surface area (Å²) in [6, 6.07) is 7.15. The summed E-state index contributed by atoms with van der Waals surface area (Å²) in [7, 11) is 0. The van der Waals surface area contributed by atoms with Gasteiger partial charge in [-0.05, 0) is 57.4 Å². The maximum atomic E-state index is 12.2. The van der Waals surface area contributed by atoms with E-state index in [-0.39, 0.29) is 17.7 Å². The lowest BCUT2D eigenvalue weighted by Crippen LogP contribution is -2.30. The summed E-state index contributed by atoms with van der Waals surface area (Å²) in [6.45, 7) is 5.33. The van der Waals surface area contributed by atoms with Crippen molar-refractivity contribution in [2.75, 3.05) is 18.4 Å². The zero-order valence-corrected chi connectivity index (χ0v) is 13.3. The Hall–Kier alpha value is -2.10. The Morgan fingerprint density at radius 2 is 1.82 bits per heavy atom. The van der Waals surface area contributed by atoms with Crippen LogP contribution in [-0.4, -0.2) is 29.8 Å².